The van der Waals surface area contributed by atoms with Gasteiger partial charge in [-0.2, -0.15) is 0 Å². The molecule has 0 saturated heterocycles. The molecule has 0 bridgehead atoms. The number of ether oxygens (including phenoxy) is 1. The fourth-order valence-corrected chi connectivity index (χ4v) is 2.76. The Labute approximate surface area is 137 Å². The molecule has 0 spiro atoms. The summed E-state index contributed by atoms with van der Waals surface area (Å²) in [6, 6.07) is 4.27. The fourth-order valence-electron chi connectivity index (χ4n) is 2.76. The van der Waals surface area contributed by atoms with E-state index in [0.717, 1.165) is 24.1 Å². The molecule has 1 aromatic carbocycles. The first-order valence-corrected chi connectivity index (χ1v) is 8.02. The van der Waals surface area contributed by atoms with Crippen molar-refractivity contribution in [3.63, 3.8) is 0 Å². The van der Waals surface area contributed by atoms with Crippen molar-refractivity contribution in [3.05, 3.63) is 23.8 Å². The number of hydrogen-bond acceptors (Lipinski definition) is 4. The topological polar surface area (TPSA) is 84.7 Å². The van der Waals surface area contributed by atoms with E-state index in [1.165, 1.54) is 4.90 Å². The zero-order valence-corrected chi connectivity index (χ0v) is 14.0. The summed E-state index contributed by atoms with van der Waals surface area (Å²) in [5.74, 6) is 0.330. The summed E-state index contributed by atoms with van der Waals surface area (Å²) in [7, 11) is 1.59. The van der Waals surface area contributed by atoms with Crippen LogP contribution in [0.15, 0.2) is 18.2 Å². The number of fused-ring (bicyclic) bond motifs is 1. The third-order valence-electron chi connectivity index (χ3n) is 4.03. The highest BCUT2D eigenvalue weighted by atomic mass is 16.5. The van der Waals surface area contributed by atoms with Gasteiger partial charge in [0.05, 0.1) is 13.2 Å². The van der Waals surface area contributed by atoms with Crippen LogP contribution in [0.1, 0.15) is 32.3 Å². The van der Waals surface area contributed by atoms with Crippen LogP contribution in [0.3, 0.4) is 0 Å². The average molecular weight is 319 g/mol. The number of rotatable bonds is 6. The lowest BCUT2D eigenvalue weighted by atomic mass is 10.1. The fraction of sp³-hybridized carbons (Fsp3) is 0.529. The molecule has 1 aromatic rings. The number of nitrogens with zero attached hydrogens (tertiary/aromatic N) is 1. The van der Waals surface area contributed by atoms with Crippen molar-refractivity contribution in [3.8, 4) is 5.75 Å². The lowest BCUT2D eigenvalue weighted by Gasteiger charge is -2.26. The number of unbranched alkanes of at least 4 members (excludes halogenated alkanes) is 1. The van der Waals surface area contributed by atoms with Gasteiger partial charge in [0.15, 0.2) is 0 Å². The Kier molecular flexibility index (Phi) is 5.60. The van der Waals surface area contributed by atoms with E-state index in [1.807, 2.05) is 12.1 Å². The summed E-state index contributed by atoms with van der Waals surface area (Å²) in [6.07, 6.45) is 2.40. The van der Waals surface area contributed by atoms with Crippen molar-refractivity contribution in [2.75, 3.05) is 18.6 Å². The van der Waals surface area contributed by atoms with Gasteiger partial charge in [-0.25, -0.2) is 0 Å². The van der Waals surface area contributed by atoms with Crippen molar-refractivity contribution >= 4 is 17.5 Å². The van der Waals surface area contributed by atoms with Gasteiger partial charge in [0, 0.05) is 18.7 Å². The maximum absolute atomic E-state index is 12.5. The average Bonchev–Trinajstić information content (AvgIpc) is 2.92. The van der Waals surface area contributed by atoms with Crippen LogP contribution in [0.5, 0.6) is 5.75 Å². The maximum atomic E-state index is 12.5. The summed E-state index contributed by atoms with van der Waals surface area (Å²) in [4.78, 5) is 26.5. The Morgan fingerprint density at radius 1 is 1.48 bits per heavy atom. The highest BCUT2D eigenvalue weighted by Gasteiger charge is 2.39. The largest absolute Gasteiger partial charge is 0.497 e. The van der Waals surface area contributed by atoms with E-state index in [9.17, 15) is 9.59 Å². The smallest absolute Gasteiger partial charge is 0.244 e. The summed E-state index contributed by atoms with van der Waals surface area (Å²) < 4.78 is 5.23. The number of benzene rings is 1. The second-order valence-corrected chi connectivity index (χ2v) is 5.86. The molecule has 0 aromatic heterocycles. The van der Waals surface area contributed by atoms with Crippen LogP contribution >= 0.6 is 0 Å². The molecule has 6 heteroatoms. The molecular formula is C17H25N3O3. The quantitative estimate of drug-likeness (QED) is 0.772. The van der Waals surface area contributed by atoms with Gasteiger partial charge in [-0.3, -0.25) is 14.5 Å². The Bertz CT molecular complexity index is 586. The minimum Gasteiger partial charge on any atom is -0.497 e. The molecule has 1 heterocycles. The van der Waals surface area contributed by atoms with Crippen LogP contribution in [0.25, 0.3) is 0 Å². The highest BCUT2D eigenvalue weighted by molar-refractivity contribution is 6.05. The number of methoxy groups -OCH3 is 1. The number of hydrogen-bond donors (Lipinski definition) is 2. The molecule has 2 atom stereocenters. The molecule has 0 radical (unpaired) electrons. The minimum absolute atomic E-state index is 0.136. The van der Waals surface area contributed by atoms with Crippen molar-refractivity contribution < 1.29 is 14.3 Å². The summed E-state index contributed by atoms with van der Waals surface area (Å²) >= 11 is 0. The van der Waals surface area contributed by atoms with Gasteiger partial charge in [0.2, 0.25) is 11.8 Å². The lowest BCUT2D eigenvalue weighted by molar-refractivity contribution is -0.126. The summed E-state index contributed by atoms with van der Waals surface area (Å²) in [5, 5.41) is 2.91. The van der Waals surface area contributed by atoms with Crippen LogP contribution in [0, 0.1) is 0 Å². The van der Waals surface area contributed by atoms with Crippen LogP contribution < -0.4 is 20.7 Å². The zero-order valence-electron chi connectivity index (χ0n) is 14.0. The van der Waals surface area contributed by atoms with Crippen LogP contribution in [0.2, 0.25) is 0 Å². The lowest BCUT2D eigenvalue weighted by Crippen LogP contribution is -2.52. The zero-order chi connectivity index (χ0) is 17.0. The first-order valence-electron chi connectivity index (χ1n) is 8.02. The predicted octanol–water partition coefficient (Wildman–Crippen LogP) is 1.22. The van der Waals surface area contributed by atoms with Crippen molar-refractivity contribution in [1.82, 2.24) is 5.32 Å². The monoisotopic (exact) mass is 319 g/mol. The molecule has 0 saturated carbocycles. The number of carbonyl (C=O) groups excluding carboxylic acids is 2. The molecule has 0 fully saturated rings. The first-order chi connectivity index (χ1) is 11.0. The normalized spacial score (nSPS) is 17.6. The van der Waals surface area contributed by atoms with Crippen LogP contribution in [-0.2, 0) is 16.0 Å². The van der Waals surface area contributed by atoms with E-state index >= 15 is 0 Å². The van der Waals surface area contributed by atoms with Crippen molar-refractivity contribution in [1.29, 1.82) is 0 Å². The third-order valence-corrected chi connectivity index (χ3v) is 4.03. The van der Waals surface area contributed by atoms with E-state index in [2.05, 4.69) is 12.2 Å². The van der Waals surface area contributed by atoms with Crippen LogP contribution in [-0.4, -0.2) is 37.6 Å². The third kappa shape index (κ3) is 3.64. The van der Waals surface area contributed by atoms with Gasteiger partial charge in [-0.15, -0.1) is 0 Å². The molecule has 126 valence electrons. The minimum atomic E-state index is -0.658. The molecule has 6 nitrogen and oxygen atoms in total. The Hall–Kier alpha value is -2.08. The molecule has 2 rings (SSSR count). The van der Waals surface area contributed by atoms with Crippen molar-refractivity contribution in [2.24, 2.45) is 5.73 Å². The summed E-state index contributed by atoms with van der Waals surface area (Å²) in [6.45, 7) is 4.32. The Balaban J connectivity index is 2.27. The molecule has 1 aliphatic heterocycles. The van der Waals surface area contributed by atoms with Gasteiger partial charge in [-0.05, 0) is 37.1 Å². The number of nitrogens with one attached hydrogen (secondary N) is 1. The molecule has 3 N–H and O–H groups in total. The number of amides is 2. The van der Waals surface area contributed by atoms with E-state index in [0.29, 0.717) is 18.7 Å². The highest BCUT2D eigenvalue weighted by Crippen LogP contribution is 2.35. The second kappa shape index (κ2) is 7.46. The summed E-state index contributed by atoms with van der Waals surface area (Å²) in [5.41, 5.74) is 7.43. The van der Waals surface area contributed by atoms with Crippen molar-refractivity contribution in [2.45, 2.75) is 45.2 Å². The Morgan fingerprint density at radius 3 is 2.83 bits per heavy atom. The maximum Gasteiger partial charge on any atom is 0.244 e. The van der Waals surface area contributed by atoms with E-state index in [-0.39, 0.29) is 11.8 Å². The number of nitrogens with two attached hydrogens (primary N) is 1. The molecule has 2 amide bonds. The number of carbonyl (C=O) groups is 2. The molecule has 1 aliphatic rings. The predicted molar refractivity (Wildman–Crippen MR) is 89.5 cm³/mol. The van der Waals surface area contributed by atoms with Gasteiger partial charge < -0.3 is 15.8 Å². The SMILES string of the molecule is CCCCNC(=O)[C@@H]1Cc2cc(OC)ccc2N1C(=O)[C@H](C)N. The molecule has 0 aliphatic carbocycles. The van der Waals surface area contributed by atoms with Gasteiger partial charge in [0.1, 0.15) is 11.8 Å². The van der Waals surface area contributed by atoms with E-state index < -0.39 is 12.1 Å². The second-order valence-electron chi connectivity index (χ2n) is 5.86. The standard InChI is InChI=1S/C17H25N3O3/c1-4-5-8-19-16(21)15-10-12-9-13(23-3)6-7-14(12)20(15)17(22)11(2)18/h6-7,9,11,15H,4-5,8,10,18H2,1-3H3,(H,19,21)/t11-,15-/m0/s1. The Morgan fingerprint density at radius 2 is 2.22 bits per heavy atom. The molecular weight excluding hydrogens is 294 g/mol. The van der Waals surface area contributed by atoms with E-state index in [4.69, 9.17) is 10.5 Å². The number of anilines is 1. The molecule has 23 heavy (non-hydrogen) atoms. The molecule has 0 unspecified atom stereocenters. The van der Waals surface area contributed by atoms with Crippen LogP contribution in [0.4, 0.5) is 5.69 Å². The first kappa shape index (κ1) is 17.3. The van der Waals surface area contributed by atoms with E-state index in [1.54, 1.807) is 20.1 Å². The van der Waals surface area contributed by atoms with Gasteiger partial charge in [-0.1, -0.05) is 13.3 Å². The van der Waals surface area contributed by atoms with Gasteiger partial charge in [0.25, 0.3) is 0 Å². The van der Waals surface area contributed by atoms with Gasteiger partial charge >= 0.3 is 0 Å².